The first-order valence-corrected chi connectivity index (χ1v) is 13.0. The molecule has 4 aromatic rings. The van der Waals surface area contributed by atoms with Crippen LogP contribution in [0, 0.1) is 6.92 Å². The van der Waals surface area contributed by atoms with E-state index in [4.69, 9.17) is 4.98 Å². The van der Waals surface area contributed by atoms with Gasteiger partial charge in [-0.3, -0.25) is 14.2 Å². The van der Waals surface area contributed by atoms with Crippen LogP contribution in [0.25, 0.3) is 20.7 Å². The highest BCUT2D eigenvalue weighted by Crippen LogP contribution is 2.39. The van der Waals surface area contributed by atoms with E-state index in [2.05, 4.69) is 11.9 Å². The van der Waals surface area contributed by atoms with Crippen LogP contribution < -0.4 is 10.9 Å². The van der Waals surface area contributed by atoms with Gasteiger partial charge in [-0.15, -0.1) is 17.9 Å². The Morgan fingerprint density at radius 2 is 1.88 bits per heavy atom. The van der Waals surface area contributed by atoms with Crippen LogP contribution in [0.15, 0.2) is 83.3 Å². The van der Waals surface area contributed by atoms with E-state index >= 15 is 0 Å². The number of thiophene rings is 1. The quantitative estimate of drug-likeness (QED) is 0.196. The van der Waals surface area contributed by atoms with Crippen molar-refractivity contribution in [2.75, 3.05) is 0 Å². The minimum absolute atomic E-state index is 0.0504. The fourth-order valence-corrected chi connectivity index (χ4v) is 6.30. The Morgan fingerprint density at radius 3 is 2.53 bits per heavy atom. The van der Waals surface area contributed by atoms with Gasteiger partial charge in [0.1, 0.15) is 10.1 Å². The Balaban J connectivity index is 1.62. The summed E-state index contributed by atoms with van der Waals surface area (Å²) < 4.78 is 1.63. The van der Waals surface area contributed by atoms with Crippen LogP contribution in [0.2, 0.25) is 0 Å². The smallest absolute Gasteiger partial charge is 0.263 e. The molecule has 172 valence electrons. The van der Waals surface area contributed by atoms with Gasteiger partial charge < -0.3 is 5.32 Å². The first kappa shape index (κ1) is 22.6. The van der Waals surface area contributed by atoms with Crippen molar-refractivity contribution in [3.8, 4) is 10.4 Å². The molecule has 0 radical (unpaired) electrons. The Hall–Kier alpha value is -3.16. The first-order valence-electron chi connectivity index (χ1n) is 11.3. The van der Waals surface area contributed by atoms with Crippen molar-refractivity contribution in [2.24, 2.45) is 0 Å². The SMILES string of the molecule is C=CCn1c(SC(C(=O)NC2CC2)c2ccccc2)nc2sc(-c3ccccc3)c(C)c2c1=O. The average Bonchev–Trinajstić information content (AvgIpc) is 3.61. The van der Waals surface area contributed by atoms with Gasteiger partial charge in [0.05, 0.1) is 5.39 Å². The van der Waals surface area contributed by atoms with Gasteiger partial charge in [0.15, 0.2) is 5.16 Å². The molecule has 1 amide bonds. The maximum absolute atomic E-state index is 13.6. The van der Waals surface area contributed by atoms with E-state index in [1.54, 1.807) is 10.6 Å². The maximum Gasteiger partial charge on any atom is 0.263 e. The third kappa shape index (κ3) is 4.45. The van der Waals surface area contributed by atoms with Crippen LogP contribution in [0.1, 0.15) is 29.2 Å². The molecule has 0 spiro atoms. The van der Waals surface area contributed by atoms with Gasteiger partial charge >= 0.3 is 0 Å². The summed E-state index contributed by atoms with van der Waals surface area (Å²) in [7, 11) is 0. The molecule has 2 aromatic heterocycles. The number of fused-ring (bicyclic) bond motifs is 1. The molecule has 1 unspecified atom stereocenters. The highest BCUT2D eigenvalue weighted by atomic mass is 32.2. The zero-order valence-corrected chi connectivity index (χ0v) is 20.5. The van der Waals surface area contributed by atoms with Crippen molar-refractivity contribution in [2.45, 2.75) is 42.8 Å². The summed E-state index contributed by atoms with van der Waals surface area (Å²) in [4.78, 5) is 33.5. The number of nitrogens with one attached hydrogen (secondary N) is 1. The largest absolute Gasteiger partial charge is 0.352 e. The lowest BCUT2D eigenvalue weighted by atomic mass is 10.1. The topological polar surface area (TPSA) is 64.0 Å². The van der Waals surface area contributed by atoms with Gasteiger partial charge in [-0.25, -0.2) is 4.98 Å². The number of hydrogen-bond acceptors (Lipinski definition) is 5. The van der Waals surface area contributed by atoms with E-state index in [0.717, 1.165) is 34.4 Å². The molecule has 0 saturated heterocycles. The molecule has 1 aliphatic carbocycles. The van der Waals surface area contributed by atoms with Gasteiger partial charge in [0.2, 0.25) is 5.91 Å². The lowest BCUT2D eigenvalue weighted by Crippen LogP contribution is -2.30. The molecule has 2 heterocycles. The molecule has 1 atom stereocenters. The van der Waals surface area contributed by atoms with Crippen molar-refractivity contribution in [3.05, 3.63) is 94.8 Å². The fraction of sp³-hybridized carbons (Fsp3) is 0.222. The normalized spacial score (nSPS) is 14.1. The number of benzene rings is 2. The summed E-state index contributed by atoms with van der Waals surface area (Å²) in [6.45, 7) is 6.14. The van der Waals surface area contributed by atoms with E-state index in [1.165, 1.54) is 23.1 Å². The average molecular weight is 488 g/mol. The standard InChI is InChI=1S/C27H25N3O2S2/c1-3-16-30-26(32)21-17(2)22(18-10-6-4-7-11-18)33-25(21)29-27(30)34-23(19-12-8-5-9-13-19)24(31)28-20-14-15-20/h3-13,20,23H,1,14-16H2,2H3,(H,28,31). The number of carbonyl (C=O) groups is 1. The molecule has 0 bridgehead atoms. The second-order valence-corrected chi connectivity index (χ2v) is 10.5. The van der Waals surface area contributed by atoms with Crippen LogP contribution in [-0.4, -0.2) is 21.5 Å². The van der Waals surface area contributed by atoms with Crippen LogP contribution in [0.4, 0.5) is 0 Å². The zero-order valence-electron chi connectivity index (χ0n) is 18.9. The number of hydrogen-bond donors (Lipinski definition) is 1. The van der Waals surface area contributed by atoms with E-state index in [9.17, 15) is 9.59 Å². The Bertz CT molecular complexity index is 1410. The molecule has 2 aromatic carbocycles. The van der Waals surface area contributed by atoms with Gasteiger partial charge in [-0.05, 0) is 36.5 Å². The zero-order chi connectivity index (χ0) is 23.7. The minimum atomic E-state index is -0.503. The summed E-state index contributed by atoms with van der Waals surface area (Å²) in [5, 5.41) is 3.77. The number of allylic oxidation sites excluding steroid dienone is 1. The van der Waals surface area contributed by atoms with Gasteiger partial charge in [-0.2, -0.15) is 0 Å². The molecule has 1 fully saturated rings. The Kier molecular flexibility index (Phi) is 6.39. The van der Waals surface area contributed by atoms with Crippen LogP contribution in [-0.2, 0) is 11.3 Å². The number of aryl methyl sites for hydroxylation is 1. The van der Waals surface area contributed by atoms with Gasteiger partial charge in [0.25, 0.3) is 5.56 Å². The second-order valence-electron chi connectivity index (χ2n) is 8.39. The van der Waals surface area contributed by atoms with Crippen LogP contribution in [0.3, 0.4) is 0 Å². The van der Waals surface area contributed by atoms with Gasteiger partial charge in [-0.1, -0.05) is 78.5 Å². The van der Waals surface area contributed by atoms with Crippen molar-refractivity contribution in [1.29, 1.82) is 0 Å². The molecular formula is C27H25N3O2S2. The van der Waals surface area contributed by atoms with Crippen molar-refractivity contribution >= 4 is 39.2 Å². The van der Waals surface area contributed by atoms with Crippen LogP contribution in [0.5, 0.6) is 0 Å². The molecule has 1 saturated carbocycles. The summed E-state index contributed by atoms with van der Waals surface area (Å²) in [5.74, 6) is -0.0504. The van der Waals surface area contributed by atoms with E-state index in [1.807, 2.05) is 67.6 Å². The highest BCUT2D eigenvalue weighted by molar-refractivity contribution is 8.00. The predicted molar refractivity (Wildman–Crippen MR) is 140 cm³/mol. The summed E-state index contributed by atoms with van der Waals surface area (Å²) in [5.41, 5.74) is 2.79. The summed E-state index contributed by atoms with van der Waals surface area (Å²) in [6, 6.07) is 20.0. The Labute approximate surface area is 206 Å². The van der Waals surface area contributed by atoms with Crippen molar-refractivity contribution < 1.29 is 4.79 Å². The highest BCUT2D eigenvalue weighted by Gasteiger charge is 2.30. The number of aromatic nitrogens is 2. The second kappa shape index (κ2) is 9.60. The van der Waals surface area contributed by atoms with Gasteiger partial charge in [0, 0.05) is 17.5 Å². The predicted octanol–water partition coefficient (Wildman–Crippen LogP) is 5.73. The monoisotopic (exact) mass is 487 g/mol. The van der Waals surface area contributed by atoms with E-state index < -0.39 is 5.25 Å². The third-order valence-corrected chi connectivity index (χ3v) is 8.33. The molecule has 5 nitrogen and oxygen atoms in total. The lowest BCUT2D eigenvalue weighted by Gasteiger charge is -2.18. The third-order valence-electron chi connectivity index (χ3n) is 5.85. The Morgan fingerprint density at radius 1 is 1.21 bits per heavy atom. The fourth-order valence-electron chi connectivity index (χ4n) is 3.95. The molecule has 7 heteroatoms. The van der Waals surface area contributed by atoms with Crippen LogP contribution >= 0.6 is 23.1 Å². The molecule has 0 aliphatic heterocycles. The van der Waals surface area contributed by atoms with Crippen molar-refractivity contribution in [3.63, 3.8) is 0 Å². The number of rotatable bonds is 8. The maximum atomic E-state index is 13.6. The summed E-state index contributed by atoms with van der Waals surface area (Å²) in [6.07, 6.45) is 3.72. The molecule has 1 N–H and O–H groups in total. The number of nitrogens with zero attached hydrogens (tertiary/aromatic N) is 2. The molecule has 5 rings (SSSR count). The van der Waals surface area contributed by atoms with Crippen molar-refractivity contribution in [1.82, 2.24) is 14.9 Å². The minimum Gasteiger partial charge on any atom is -0.352 e. The molecule has 34 heavy (non-hydrogen) atoms. The molecule has 1 aliphatic rings. The molecular weight excluding hydrogens is 462 g/mol. The first-order chi connectivity index (χ1) is 16.6. The van der Waals surface area contributed by atoms with E-state index in [-0.39, 0.29) is 17.5 Å². The number of amides is 1. The van der Waals surface area contributed by atoms with E-state index in [0.29, 0.717) is 21.9 Å². The number of carbonyl (C=O) groups excluding carboxylic acids is 1. The number of thioether (sulfide) groups is 1. The lowest BCUT2D eigenvalue weighted by molar-refractivity contribution is -0.120. The summed E-state index contributed by atoms with van der Waals surface area (Å²) >= 11 is 2.84.